The number of fused-ring (bicyclic) bond motifs is 5. The van der Waals surface area contributed by atoms with Gasteiger partial charge in [0, 0.05) is 30.7 Å². The molecule has 40 heavy (non-hydrogen) atoms. The van der Waals surface area contributed by atoms with Gasteiger partial charge in [-0.1, -0.05) is 72.8 Å². The molecule has 0 aliphatic carbocycles. The SMILES string of the molecule is C=CC(=O)N1C[C@H](C)N(c2nc(=O)n3c4nc(c(Cl)cc24)-c2ccccc2CC=CCc2ccccc2-3)C[C@H]1C. The Morgan fingerprint density at radius 1 is 0.975 bits per heavy atom. The number of nitrogens with zero attached hydrogens (tertiary/aromatic N) is 5. The van der Waals surface area contributed by atoms with E-state index in [1.165, 1.54) is 6.08 Å². The van der Waals surface area contributed by atoms with Crippen molar-refractivity contribution in [2.45, 2.75) is 38.8 Å². The molecule has 2 aromatic heterocycles. The van der Waals surface area contributed by atoms with Crippen molar-refractivity contribution in [3.63, 3.8) is 0 Å². The van der Waals surface area contributed by atoms with Crippen LogP contribution in [0.25, 0.3) is 28.0 Å². The number of pyridine rings is 1. The number of hydrogen-bond donors (Lipinski definition) is 0. The minimum Gasteiger partial charge on any atom is -0.349 e. The molecule has 1 fully saturated rings. The highest BCUT2D eigenvalue weighted by atomic mass is 35.5. The molecule has 0 radical (unpaired) electrons. The van der Waals surface area contributed by atoms with Crippen molar-refractivity contribution in [2.75, 3.05) is 18.0 Å². The van der Waals surface area contributed by atoms with Crippen molar-refractivity contribution in [1.82, 2.24) is 19.4 Å². The molecule has 7 nitrogen and oxygen atoms in total. The van der Waals surface area contributed by atoms with E-state index < -0.39 is 5.69 Å². The van der Waals surface area contributed by atoms with E-state index in [1.54, 1.807) is 9.47 Å². The molecule has 0 saturated carbocycles. The second-order valence-electron chi connectivity index (χ2n) is 10.5. The van der Waals surface area contributed by atoms with Gasteiger partial charge in [0.1, 0.15) is 5.82 Å². The lowest BCUT2D eigenvalue weighted by atomic mass is 9.99. The Bertz CT molecular complexity index is 1740. The first-order chi connectivity index (χ1) is 19.4. The number of piperazine rings is 1. The van der Waals surface area contributed by atoms with Crippen LogP contribution in [0.15, 0.2) is 84.2 Å². The molecule has 1 amide bonds. The number of amides is 1. The first-order valence-electron chi connectivity index (χ1n) is 13.5. The third-order valence-corrected chi connectivity index (χ3v) is 8.15. The lowest BCUT2D eigenvalue weighted by Crippen LogP contribution is -2.58. The quantitative estimate of drug-likeness (QED) is 0.247. The van der Waals surface area contributed by atoms with Crippen LogP contribution in [0, 0.1) is 0 Å². The van der Waals surface area contributed by atoms with Crippen molar-refractivity contribution >= 4 is 34.4 Å². The molecule has 6 rings (SSSR count). The zero-order valence-electron chi connectivity index (χ0n) is 22.5. The Morgan fingerprint density at radius 3 is 2.45 bits per heavy atom. The average molecular weight is 552 g/mol. The van der Waals surface area contributed by atoms with Crippen LogP contribution in [0.3, 0.4) is 0 Å². The van der Waals surface area contributed by atoms with Crippen molar-refractivity contribution in [3.05, 3.63) is 106 Å². The van der Waals surface area contributed by atoms with Crippen LogP contribution in [0.5, 0.6) is 0 Å². The lowest BCUT2D eigenvalue weighted by molar-refractivity contribution is -0.128. The van der Waals surface area contributed by atoms with Gasteiger partial charge < -0.3 is 9.80 Å². The Hall–Kier alpha value is -4.23. The van der Waals surface area contributed by atoms with Gasteiger partial charge in [0.05, 0.1) is 21.8 Å². The summed E-state index contributed by atoms with van der Waals surface area (Å²) >= 11 is 6.97. The van der Waals surface area contributed by atoms with Gasteiger partial charge in [-0.2, -0.15) is 4.98 Å². The van der Waals surface area contributed by atoms with Gasteiger partial charge >= 0.3 is 5.69 Å². The minimum atomic E-state index is -0.408. The first kappa shape index (κ1) is 26.0. The van der Waals surface area contributed by atoms with E-state index in [0.717, 1.165) is 28.8 Å². The third kappa shape index (κ3) is 4.40. The van der Waals surface area contributed by atoms with Gasteiger partial charge in [-0.25, -0.2) is 14.3 Å². The molecule has 202 valence electrons. The molecule has 2 bridgehead atoms. The van der Waals surface area contributed by atoms with Gasteiger partial charge in [0.2, 0.25) is 5.91 Å². The largest absolute Gasteiger partial charge is 0.355 e. The second-order valence-corrected chi connectivity index (χ2v) is 10.9. The van der Waals surface area contributed by atoms with E-state index in [4.69, 9.17) is 16.6 Å². The number of carbonyl (C=O) groups excluding carboxylic acids is 1. The fourth-order valence-electron chi connectivity index (χ4n) is 5.83. The van der Waals surface area contributed by atoms with Crippen LogP contribution in [0.1, 0.15) is 25.0 Å². The molecule has 0 unspecified atom stereocenters. The predicted molar refractivity (Wildman–Crippen MR) is 160 cm³/mol. The van der Waals surface area contributed by atoms with Crippen molar-refractivity contribution in [1.29, 1.82) is 0 Å². The number of hydrogen-bond acceptors (Lipinski definition) is 5. The highest BCUT2D eigenvalue weighted by Gasteiger charge is 2.33. The maximum Gasteiger partial charge on any atom is 0.355 e. The number of rotatable bonds is 2. The highest BCUT2D eigenvalue weighted by Crippen LogP contribution is 2.36. The Labute approximate surface area is 238 Å². The molecular weight excluding hydrogens is 522 g/mol. The number of carbonyl (C=O) groups is 1. The molecule has 1 saturated heterocycles. The molecule has 0 spiro atoms. The Balaban J connectivity index is 1.63. The van der Waals surface area contributed by atoms with Gasteiger partial charge in [0.15, 0.2) is 5.65 Å². The number of anilines is 1. The molecule has 2 atom stereocenters. The monoisotopic (exact) mass is 551 g/mol. The van der Waals surface area contributed by atoms with Crippen LogP contribution in [-0.2, 0) is 17.6 Å². The molecule has 8 heteroatoms. The number of aromatic nitrogens is 3. The second kappa shape index (κ2) is 10.4. The smallest absolute Gasteiger partial charge is 0.349 e. The summed E-state index contributed by atoms with van der Waals surface area (Å²) < 4.78 is 1.61. The summed E-state index contributed by atoms with van der Waals surface area (Å²) in [7, 11) is 0. The molecular formula is C32H30ClN5O2. The summed E-state index contributed by atoms with van der Waals surface area (Å²) in [6, 6.07) is 17.7. The molecule has 2 aliphatic heterocycles. The number of halogens is 1. The summed E-state index contributed by atoms with van der Waals surface area (Å²) in [5.41, 5.74) is 4.52. The number of benzene rings is 2. The van der Waals surface area contributed by atoms with Crippen molar-refractivity contribution < 1.29 is 4.79 Å². The van der Waals surface area contributed by atoms with Crippen LogP contribution in [0.4, 0.5) is 5.82 Å². The topological polar surface area (TPSA) is 71.3 Å². The average Bonchev–Trinajstić information content (AvgIpc) is 2.95. The van der Waals surface area contributed by atoms with Gasteiger partial charge in [-0.3, -0.25) is 4.79 Å². The summed E-state index contributed by atoms with van der Waals surface area (Å²) in [4.78, 5) is 40.0. The number of allylic oxidation sites excluding steroid dienone is 2. The maximum absolute atomic E-state index is 13.9. The summed E-state index contributed by atoms with van der Waals surface area (Å²) in [5, 5.41) is 1.18. The van der Waals surface area contributed by atoms with Crippen molar-refractivity contribution in [2.24, 2.45) is 0 Å². The summed E-state index contributed by atoms with van der Waals surface area (Å²) in [6.45, 7) is 8.67. The molecule has 4 heterocycles. The Kier molecular flexibility index (Phi) is 6.76. The fourth-order valence-corrected chi connectivity index (χ4v) is 6.08. The highest BCUT2D eigenvalue weighted by molar-refractivity contribution is 6.34. The fraction of sp³-hybridized carbons (Fsp3) is 0.250. The van der Waals surface area contributed by atoms with Crippen LogP contribution < -0.4 is 10.6 Å². The van der Waals surface area contributed by atoms with E-state index in [0.29, 0.717) is 47.1 Å². The minimum absolute atomic E-state index is 0.0896. The Morgan fingerprint density at radius 2 is 1.68 bits per heavy atom. The lowest BCUT2D eigenvalue weighted by Gasteiger charge is -2.44. The molecule has 0 N–H and O–H groups in total. The van der Waals surface area contributed by atoms with E-state index in [1.807, 2.05) is 62.4 Å². The predicted octanol–water partition coefficient (Wildman–Crippen LogP) is 5.37. The maximum atomic E-state index is 13.9. The van der Waals surface area contributed by atoms with E-state index in [2.05, 4.69) is 34.7 Å². The molecule has 4 aromatic rings. The van der Waals surface area contributed by atoms with Crippen LogP contribution >= 0.6 is 11.6 Å². The van der Waals surface area contributed by atoms with Crippen molar-refractivity contribution in [3.8, 4) is 16.9 Å². The zero-order chi connectivity index (χ0) is 28.0. The number of para-hydroxylation sites is 1. The zero-order valence-corrected chi connectivity index (χ0v) is 23.3. The normalized spacial score (nSPS) is 18.6. The first-order valence-corrected chi connectivity index (χ1v) is 13.9. The van der Waals surface area contributed by atoms with Gasteiger partial charge in [-0.15, -0.1) is 0 Å². The van der Waals surface area contributed by atoms with E-state index in [-0.39, 0.29) is 18.0 Å². The van der Waals surface area contributed by atoms with E-state index in [9.17, 15) is 9.59 Å². The summed E-state index contributed by atoms with van der Waals surface area (Å²) in [5.74, 6) is 0.423. The standard InChI is InChI=1S/C32H30ClN5O2/c1-4-28(39)36-18-21(3)37(19-20(36)2)30-25-17-26(33)29-24-15-9-7-12-22(24)11-5-6-13-23-14-8-10-16-27(23)38(31(25)34-29)32(40)35-30/h4-10,12,14-17,20-21H,1,11,13,18-19H2,2-3H3/t20-,21+/m1/s1. The van der Waals surface area contributed by atoms with Crippen LogP contribution in [-0.4, -0.2) is 50.5 Å². The molecule has 2 aliphatic rings. The summed E-state index contributed by atoms with van der Waals surface area (Å²) in [6.07, 6.45) is 7.04. The van der Waals surface area contributed by atoms with Gasteiger partial charge in [-0.05, 0) is 56.0 Å². The molecule has 2 aromatic carbocycles. The van der Waals surface area contributed by atoms with Crippen LogP contribution in [0.2, 0.25) is 5.02 Å². The van der Waals surface area contributed by atoms with Gasteiger partial charge in [0.25, 0.3) is 0 Å². The third-order valence-electron chi connectivity index (χ3n) is 7.86. The van der Waals surface area contributed by atoms with E-state index >= 15 is 0 Å².